The van der Waals surface area contributed by atoms with Crippen LogP contribution in [0.4, 0.5) is 0 Å². The van der Waals surface area contributed by atoms with E-state index in [9.17, 15) is 0 Å². The average molecular weight is 435 g/mol. The first-order chi connectivity index (χ1) is 18.4. The predicted molar refractivity (Wildman–Crippen MR) is 137 cm³/mol. The van der Waals surface area contributed by atoms with Gasteiger partial charge in [-0.05, 0) is 60.2 Å². The summed E-state index contributed by atoms with van der Waals surface area (Å²) in [4.78, 5) is 0. The van der Waals surface area contributed by atoms with Gasteiger partial charge in [-0.2, -0.15) is 0 Å². The van der Waals surface area contributed by atoms with E-state index in [4.69, 9.17) is 12.6 Å². The molecule has 0 fully saturated rings. The molecular formula is C31H26NO+. The van der Waals surface area contributed by atoms with Crippen LogP contribution in [0.15, 0.2) is 89.5 Å². The fraction of sp³-hybridized carbons (Fsp3) is 0.129. The van der Waals surface area contributed by atoms with Crippen LogP contribution >= 0.6 is 0 Å². The molecule has 0 bridgehead atoms. The van der Waals surface area contributed by atoms with Crippen LogP contribution in [0.1, 0.15) is 24.9 Å². The minimum Gasteiger partial charge on any atom is -0.455 e. The van der Waals surface area contributed by atoms with E-state index in [1.54, 1.807) is 18.3 Å². The van der Waals surface area contributed by atoms with Gasteiger partial charge in [0.1, 0.15) is 18.2 Å². The lowest BCUT2D eigenvalue weighted by atomic mass is 9.96. The summed E-state index contributed by atoms with van der Waals surface area (Å²) in [5, 5.41) is 3.53. The highest BCUT2D eigenvalue weighted by Gasteiger charge is 2.22. The molecule has 0 saturated carbocycles. The summed E-state index contributed by atoms with van der Waals surface area (Å²) in [5.74, 6) is 0. The monoisotopic (exact) mass is 434 g/mol. The van der Waals surface area contributed by atoms with Crippen LogP contribution in [0, 0.1) is 20.6 Å². The highest BCUT2D eigenvalue weighted by atomic mass is 16.3. The minimum atomic E-state index is -2.28. The van der Waals surface area contributed by atoms with E-state index in [1.165, 1.54) is 0 Å². The molecule has 4 aromatic carbocycles. The van der Waals surface area contributed by atoms with Gasteiger partial charge in [0.05, 0.1) is 5.56 Å². The molecule has 0 spiro atoms. The fourth-order valence-electron chi connectivity index (χ4n) is 4.75. The first kappa shape index (κ1) is 14.3. The highest BCUT2D eigenvalue weighted by molar-refractivity contribution is 6.13. The zero-order valence-corrected chi connectivity index (χ0v) is 18.4. The summed E-state index contributed by atoms with van der Waals surface area (Å²) < 4.78 is 56.2. The maximum Gasteiger partial charge on any atom is 0.216 e. The zero-order valence-electron chi connectivity index (χ0n) is 24.4. The molecule has 6 aromatic rings. The van der Waals surface area contributed by atoms with Crippen molar-refractivity contribution < 1.29 is 17.2 Å². The molecule has 0 N–H and O–H groups in total. The van der Waals surface area contributed by atoms with Crippen molar-refractivity contribution in [3.05, 3.63) is 102 Å². The molecular weight excluding hydrogens is 402 g/mol. The van der Waals surface area contributed by atoms with Crippen molar-refractivity contribution in [1.29, 1.82) is 0 Å². The molecule has 0 aliphatic carbocycles. The van der Waals surface area contributed by atoms with Crippen molar-refractivity contribution in [2.75, 3.05) is 0 Å². The number of aryl methyl sites for hydroxylation is 4. The average Bonchev–Trinajstić information content (AvgIpc) is 3.23. The molecule has 0 saturated heterocycles. The molecule has 2 heteroatoms. The highest BCUT2D eigenvalue weighted by Crippen LogP contribution is 2.39. The molecule has 6 rings (SSSR count). The first-order valence-corrected chi connectivity index (χ1v) is 10.9. The first-order valence-electron chi connectivity index (χ1n) is 13.9. The van der Waals surface area contributed by atoms with Crippen LogP contribution < -0.4 is 4.57 Å². The third kappa shape index (κ3) is 3.14. The van der Waals surface area contributed by atoms with Gasteiger partial charge in [0.25, 0.3) is 0 Å². The van der Waals surface area contributed by atoms with Crippen LogP contribution in [0.2, 0.25) is 0 Å². The number of fused-ring (bicyclic) bond motifs is 4. The third-order valence-corrected chi connectivity index (χ3v) is 6.42. The predicted octanol–water partition coefficient (Wildman–Crippen LogP) is 7.82. The summed E-state index contributed by atoms with van der Waals surface area (Å²) in [7, 11) is 1.85. The molecule has 33 heavy (non-hydrogen) atoms. The number of aromatic nitrogens is 1. The summed E-state index contributed by atoms with van der Waals surface area (Å²) in [5.41, 5.74) is 6.18. The van der Waals surface area contributed by atoms with E-state index < -0.39 is 13.7 Å². The lowest BCUT2D eigenvalue weighted by Gasteiger charge is -2.10. The summed E-state index contributed by atoms with van der Waals surface area (Å²) in [6.07, 6.45) is 1.69. The lowest BCUT2D eigenvalue weighted by molar-refractivity contribution is -0.660. The Morgan fingerprint density at radius 2 is 1.67 bits per heavy atom. The molecule has 0 atom stereocenters. The number of rotatable bonds is 2. The Hall–Kier alpha value is -3.91. The van der Waals surface area contributed by atoms with Gasteiger partial charge in [0, 0.05) is 30.6 Å². The smallest absolute Gasteiger partial charge is 0.216 e. The van der Waals surface area contributed by atoms with Crippen molar-refractivity contribution in [3.63, 3.8) is 0 Å². The van der Waals surface area contributed by atoms with E-state index in [2.05, 4.69) is 0 Å². The second-order valence-corrected chi connectivity index (χ2v) is 8.61. The van der Waals surface area contributed by atoms with Gasteiger partial charge >= 0.3 is 0 Å². The number of pyridine rings is 1. The van der Waals surface area contributed by atoms with E-state index in [1.807, 2.05) is 85.3 Å². The van der Waals surface area contributed by atoms with Crippen LogP contribution in [0.25, 0.3) is 55.1 Å². The molecule has 2 nitrogen and oxygen atoms in total. The summed E-state index contributed by atoms with van der Waals surface area (Å²) >= 11 is 0. The second-order valence-electron chi connectivity index (χ2n) is 8.61. The Labute approximate surface area is 202 Å². The maximum absolute atomic E-state index is 8.17. The van der Waals surface area contributed by atoms with Crippen LogP contribution in [0.3, 0.4) is 0 Å². The Morgan fingerprint density at radius 1 is 0.788 bits per heavy atom. The number of nitrogens with zero attached hydrogens (tertiary/aromatic N) is 1. The van der Waals surface area contributed by atoms with E-state index in [-0.39, 0.29) is 5.56 Å². The van der Waals surface area contributed by atoms with Gasteiger partial charge < -0.3 is 4.42 Å². The van der Waals surface area contributed by atoms with Gasteiger partial charge in [-0.15, -0.1) is 0 Å². The summed E-state index contributed by atoms with van der Waals surface area (Å²) in [6, 6.07) is 24.6. The van der Waals surface area contributed by atoms with E-state index in [0.29, 0.717) is 22.3 Å². The van der Waals surface area contributed by atoms with Gasteiger partial charge in [-0.25, -0.2) is 4.57 Å². The lowest BCUT2D eigenvalue weighted by Crippen LogP contribution is -2.31. The van der Waals surface area contributed by atoms with Crippen molar-refractivity contribution in [2.24, 2.45) is 7.05 Å². The maximum atomic E-state index is 8.17. The molecule has 2 aromatic heterocycles. The minimum absolute atomic E-state index is 0.283. The Bertz CT molecular complexity index is 1900. The molecule has 0 radical (unpaired) electrons. The van der Waals surface area contributed by atoms with Crippen LogP contribution in [0.5, 0.6) is 0 Å². The second kappa shape index (κ2) is 7.31. The van der Waals surface area contributed by atoms with Gasteiger partial charge in [0.15, 0.2) is 6.20 Å². The van der Waals surface area contributed by atoms with Gasteiger partial charge in [-0.1, -0.05) is 66.2 Å². The third-order valence-electron chi connectivity index (χ3n) is 6.42. The molecule has 0 aliphatic rings. The van der Waals surface area contributed by atoms with Gasteiger partial charge in [0.2, 0.25) is 5.69 Å². The SMILES string of the molecule is [2H]C([2H])([2H])c1ccc2cc3oc4c(-c5cc(-c6ccccc6)c(C([2H])([2H])[2H])c[n+]5C)c(C)ccc4c3cc2c1. The molecule has 0 unspecified atom stereocenters. The van der Waals surface area contributed by atoms with Crippen molar-refractivity contribution >= 4 is 32.7 Å². The normalized spacial score (nSPS) is 15.1. The molecule has 0 aliphatic heterocycles. The van der Waals surface area contributed by atoms with Gasteiger partial charge in [-0.3, -0.25) is 0 Å². The number of hydrogen-bond donors (Lipinski definition) is 0. The number of furan rings is 1. The topological polar surface area (TPSA) is 17.0 Å². The van der Waals surface area contributed by atoms with Crippen molar-refractivity contribution in [2.45, 2.75) is 20.6 Å². The number of benzene rings is 4. The number of hydrogen-bond acceptors (Lipinski definition) is 1. The molecule has 0 amide bonds. The van der Waals surface area contributed by atoms with E-state index in [0.717, 1.165) is 43.9 Å². The van der Waals surface area contributed by atoms with Crippen molar-refractivity contribution in [1.82, 2.24) is 0 Å². The van der Waals surface area contributed by atoms with Crippen LogP contribution in [-0.4, -0.2) is 0 Å². The molecule has 2 heterocycles. The Kier molecular flexibility index (Phi) is 3.17. The quantitative estimate of drug-likeness (QED) is 0.254. The zero-order chi connectivity index (χ0) is 27.7. The molecule has 160 valence electrons. The fourth-order valence-corrected chi connectivity index (χ4v) is 4.75. The van der Waals surface area contributed by atoms with Crippen LogP contribution in [-0.2, 0) is 7.05 Å². The Balaban J connectivity index is 1.64. The largest absolute Gasteiger partial charge is 0.455 e. The standard InChI is InChI=1S/C31H26NO/c1-19-10-12-23-16-29-27(15-24(23)14-19)25-13-11-20(2)30(31(25)33-29)28-17-26(21(3)18-32(28)4)22-8-6-5-7-9-22/h5-18H,1-4H3/q+1/i1D3,3D3. The Morgan fingerprint density at radius 3 is 2.48 bits per heavy atom. The van der Waals surface area contributed by atoms with Crippen molar-refractivity contribution in [3.8, 4) is 22.4 Å². The van der Waals surface area contributed by atoms with E-state index >= 15 is 0 Å². The summed E-state index contributed by atoms with van der Waals surface area (Å²) in [6.45, 7) is -2.45.